The van der Waals surface area contributed by atoms with Crippen LogP contribution in [0.15, 0.2) is 219 Å². The molecule has 0 fully saturated rings. The van der Waals surface area contributed by atoms with Crippen LogP contribution in [-0.2, 0) is 0 Å². The number of pyridine rings is 2. The Morgan fingerprint density at radius 1 is 0.348 bits per heavy atom. The fourth-order valence-electron chi connectivity index (χ4n) is 8.90. The van der Waals surface area contributed by atoms with Crippen molar-refractivity contribution in [2.75, 3.05) is 47.6 Å². The van der Waals surface area contributed by atoms with E-state index in [0.717, 1.165) is 53.7 Å². The van der Waals surface area contributed by atoms with E-state index in [1.807, 2.05) is 196 Å². The third-order valence-electron chi connectivity index (χ3n) is 12.0. The van der Waals surface area contributed by atoms with Crippen LogP contribution in [0.3, 0.4) is 0 Å². The lowest BCUT2D eigenvalue weighted by Crippen LogP contribution is -2.72. The summed E-state index contributed by atoms with van der Waals surface area (Å²) in [4.78, 5) is 6.33. The van der Waals surface area contributed by atoms with Crippen molar-refractivity contribution in [3.8, 4) is 0 Å². The third-order valence-corrected chi connectivity index (χ3v) is 12.0. The molecule has 6 aromatic carbocycles. The number of anilines is 4. The van der Waals surface area contributed by atoms with E-state index in [4.69, 9.17) is 0 Å². The van der Waals surface area contributed by atoms with Crippen molar-refractivity contribution in [2.24, 2.45) is 0 Å². The molecule has 0 radical (unpaired) electrons. The molecule has 66 heavy (non-hydrogen) atoms. The number of halogens is 4. The van der Waals surface area contributed by atoms with Gasteiger partial charge in [-0.05, 0) is 82.9 Å². The van der Waals surface area contributed by atoms with E-state index in [0.29, 0.717) is 34.2 Å². The minimum atomic E-state index is -4.15. The molecule has 0 aliphatic carbocycles. The van der Waals surface area contributed by atoms with Crippen molar-refractivity contribution in [1.29, 1.82) is 0 Å². The van der Waals surface area contributed by atoms with Crippen LogP contribution in [-0.4, -0.2) is 42.1 Å². The predicted molar refractivity (Wildman–Crippen MR) is 264 cm³/mol. The highest BCUT2D eigenvalue weighted by Crippen LogP contribution is 2.44. The van der Waals surface area contributed by atoms with Gasteiger partial charge in [0.15, 0.2) is 11.4 Å². The van der Waals surface area contributed by atoms with Gasteiger partial charge in [-0.2, -0.15) is 0 Å². The van der Waals surface area contributed by atoms with Crippen molar-refractivity contribution in [3.63, 3.8) is 0 Å². The summed E-state index contributed by atoms with van der Waals surface area (Å²) in [6.45, 7) is -8.30. The van der Waals surface area contributed by atoms with Crippen LogP contribution in [0.25, 0.3) is 22.5 Å². The lowest BCUT2D eigenvalue weighted by Gasteiger charge is -2.42. The van der Waals surface area contributed by atoms with Gasteiger partial charge < -0.3 is 45.6 Å². The van der Waals surface area contributed by atoms with E-state index < -0.39 is 13.9 Å². The smallest absolute Gasteiger partial charge is 0.389 e. The summed E-state index contributed by atoms with van der Waals surface area (Å²) < 4.78 is 67.6. The number of aromatic nitrogens is 2. The van der Waals surface area contributed by atoms with Crippen LogP contribution in [0.1, 0.15) is 33.6 Å². The van der Waals surface area contributed by atoms with Gasteiger partial charge in [0.1, 0.15) is 12.4 Å². The predicted octanol–water partition coefficient (Wildman–Crippen LogP) is 11.4. The summed E-state index contributed by atoms with van der Waals surface area (Å²) in [6, 6.07) is 63.5. The molecule has 0 atom stereocenters. The number of hydrogen-bond donors (Lipinski definition) is 0. The van der Waals surface area contributed by atoms with Crippen molar-refractivity contribution in [2.45, 2.75) is 0 Å². The highest BCUT2D eigenvalue weighted by atomic mass is 19.3. The van der Waals surface area contributed by atoms with Crippen LogP contribution in [0, 0.1) is 0 Å². The van der Waals surface area contributed by atoms with E-state index in [-0.39, 0.29) is 0 Å². The molecule has 10 rings (SSSR count). The van der Waals surface area contributed by atoms with Gasteiger partial charge >= 0.3 is 13.9 Å². The lowest BCUT2D eigenvalue weighted by atomic mass is 9.80. The maximum Gasteiger partial charge on any atom is 0.737 e. The average Bonchev–Trinajstić information content (AvgIpc) is 3.35. The fourth-order valence-corrected chi connectivity index (χ4v) is 8.90. The first-order chi connectivity index (χ1) is 32.0. The number of nitrogens with zero attached hydrogens (tertiary/aromatic N) is 6. The molecule has 328 valence electrons. The fraction of sp³-hybridized carbons (Fsp3) is 0.0741. The second kappa shape index (κ2) is 18.0. The quantitative estimate of drug-likeness (QED) is 0.112. The van der Waals surface area contributed by atoms with Crippen LogP contribution in [0.4, 0.5) is 40.0 Å². The van der Waals surface area contributed by atoms with Crippen molar-refractivity contribution >= 4 is 59.2 Å². The normalized spacial score (nSPS) is 14.7. The highest BCUT2D eigenvalue weighted by molar-refractivity contribution is 6.66. The third kappa shape index (κ3) is 8.00. The van der Waals surface area contributed by atoms with Crippen molar-refractivity contribution in [1.82, 2.24) is 0 Å². The zero-order valence-electron chi connectivity index (χ0n) is 37.1. The van der Waals surface area contributed by atoms with Crippen LogP contribution in [0.2, 0.25) is 0 Å². The second-order valence-electron chi connectivity index (χ2n) is 16.6. The summed E-state index contributed by atoms with van der Waals surface area (Å²) in [5.74, 6) is 0. The number of hydrogen-bond acceptors (Lipinski definition) is 4. The molecule has 12 heteroatoms. The van der Waals surface area contributed by atoms with Crippen LogP contribution >= 0.6 is 0 Å². The molecule has 0 saturated carbocycles. The van der Waals surface area contributed by atoms with E-state index >= 15 is 17.3 Å². The Hall–Kier alpha value is -7.85. The summed E-state index contributed by atoms with van der Waals surface area (Å²) in [5.41, 5.74) is 9.57. The number of rotatable bonds is 8. The van der Waals surface area contributed by atoms with Crippen molar-refractivity contribution < 1.29 is 26.2 Å². The molecule has 2 aliphatic rings. The van der Waals surface area contributed by atoms with Gasteiger partial charge in [0.25, 0.3) is 0 Å². The molecule has 0 bridgehead atoms. The first kappa shape index (κ1) is 43.4. The molecule has 0 unspecified atom stereocenters. The molecule has 0 spiro atoms. The minimum Gasteiger partial charge on any atom is -0.389 e. The minimum absolute atomic E-state index is 0.444. The van der Waals surface area contributed by atoms with E-state index in [1.165, 1.54) is 22.0 Å². The Morgan fingerprint density at radius 3 is 0.939 bits per heavy atom. The van der Waals surface area contributed by atoms with Crippen molar-refractivity contribution in [3.05, 3.63) is 252 Å². The molecular weight excluding hydrogens is 830 g/mol. The molecule has 0 saturated heterocycles. The summed E-state index contributed by atoms with van der Waals surface area (Å²) in [6.07, 6.45) is 2.95. The molecule has 2 aliphatic heterocycles. The van der Waals surface area contributed by atoms with E-state index in [2.05, 4.69) is 0 Å². The Bertz CT molecular complexity index is 2820. The van der Waals surface area contributed by atoms with Crippen LogP contribution in [0.5, 0.6) is 0 Å². The zero-order chi connectivity index (χ0) is 46.0. The molecule has 6 nitrogen and oxygen atoms in total. The van der Waals surface area contributed by atoms with Gasteiger partial charge in [-0.25, -0.2) is 0 Å². The maximum absolute atomic E-state index is 16.3. The van der Waals surface area contributed by atoms with Gasteiger partial charge in [-0.15, -0.1) is 0 Å². The highest BCUT2D eigenvalue weighted by Gasteiger charge is 2.56. The average molecular weight is 879 g/mol. The molecule has 0 N–H and O–H groups in total. The van der Waals surface area contributed by atoms with Crippen LogP contribution < -0.4 is 28.4 Å². The van der Waals surface area contributed by atoms with E-state index in [9.17, 15) is 0 Å². The zero-order valence-corrected chi connectivity index (χ0v) is 37.1. The second-order valence-corrected chi connectivity index (χ2v) is 16.6. The van der Waals surface area contributed by atoms with Gasteiger partial charge in [0.2, 0.25) is 0 Å². The van der Waals surface area contributed by atoms with E-state index in [1.54, 1.807) is 48.5 Å². The topological polar surface area (TPSA) is 20.7 Å². The lowest BCUT2D eigenvalue weighted by molar-refractivity contribution is -0.570. The van der Waals surface area contributed by atoms with Gasteiger partial charge in [0, 0.05) is 74.5 Å². The van der Waals surface area contributed by atoms with Gasteiger partial charge in [-0.1, -0.05) is 133 Å². The first-order valence-electron chi connectivity index (χ1n) is 21.9. The first-order valence-corrected chi connectivity index (χ1v) is 21.9. The SMILES string of the molecule is CN(C)c1ccc(N2C(c3ccccc3)=C(c3ccccc3)c3cccc[n+]3[B-]2(F)F)cc1.CN(C)c1ccc(N2C(c3ccccc3)=C(c3ccccc3)c3cccc[n+]3[B-]2(F)F)cc1. The molecule has 0 amide bonds. The standard InChI is InChI=1S/2C27H24BF2N3/c2*1-31(2)23-16-18-24(19-17-23)33-27(22-13-7-4-8-14-22)26(21-11-5-3-6-12-21)25-15-9-10-20-32(25)28(33,29)30/h2*3-20H,1-2H3. The summed E-state index contributed by atoms with van der Waals surface area (Å²) >= 11 is 0. The Balaban J connectivity index is 0.000000166. The molecule has 2 aromatic heterocycles. The van der Waals surface area contributed by atoms with Gasteiger partial charge in [-0.3, -0.25) is 0 Å². The largest absolute Gasteiger partial charge is 0.737 e. The summed E-state index contributed by atoms with van der Waals surface area (Å²) in [7, 11) is 7.74. The Kier molecular flexibility index (Phi) is 11.8. The molecule has 4 heterocycles. The van der Waals surface area contributed by atoms with Gasteiger partial charge in [0.05, 0.1) is 11.1 Å². The summed E-state index contributed by atoms with van der Waals surface area (Å²) in [5, 5.41) is 0. The molecular formula is C54H48B2F4N6. The monoisotopic (exact) mass is 878 g/mol. The molecule has 8 aromatic rings. The maximum atomic E-state index is 16.3. The Morgan fingerprint density at radius 2 is 0.636 bits per heavy atom. The number of fused-ring (bicyclic) bond motifs is 2. The number of benzene rings is 6. The Labute approximate surface area is 384 Å².